The molecule has 0 aromatic heterocycles. The lowest BCUT2D eigenvalue weighted by molar-refractivity contribution is -0.291. The Labute approximate surface area is 369 Å². The Balaban J connectivity index is 0.763. The summed E-state index contributed by atoms with van der Waals surface area (Å²) >= 11 is 0. The summed E-state index contributed by atoms with van der Waals surface area (Å²) in [6.07, 6.45) is 21.8. The lowest BCUT2D eigenvalue weighted by Gasteiger charge is -2.46. The van der Waals surface area contributed by atoms with Gasteiger partial charge in [0, 0.05) is 50.4 Å². The van der Waals surface area contributed by atoms with Gasteiger partial charge in [0.05, 0.1) is 0 Å². The minimum absolute atomic E-state index is 0.0301. The SMILES string of the molecule is CC1CCC(C2CC2)C2(C1)OC(=O)C(C=CC=CC=C1C(=O)OC3(CCC4(CC3)OC(=O)C(=C/C=C/C=C/C3=C(O)OC5(CC(C)CCC5C5CC5)OC3=O)C(=O)O4)OC1=O)=C(O)O2. The summed E-state index contributed by atoms with van der Waals surface area (Å²) < 4.78 is 45.9. The molecule has 9 aliphatic rings. The molecule has 0 aromatic carbocycles. The van der Waals surface area contributed by atoms with Crippen LogP contribution in [0.4, 0.5) is 0 Å². The van der Waals surface area contributed by atoms with Crippen LogP contribution < -0.4 is 0 Å². The lowest BCUT2D eigenvalue weighted by Crippen LogP contribution is -2.56. The van der Waals surface area contributed by atoms with Crippen LogP contribution in [0.15, 0.2) is 94.9 Å². The number of hydrogen-bond donors (Lipinski definition) is 2. The molecule has 2 N–H and O–H groups in total. The van der Waals surface area contributed by atoms with Crippen LogP contribution in [0.25, 0.3) is 0 Å². The molecule has 0 amide bonds. The third-order valence-corrected chi connectivity index (χ3v) is 14.0. The molecule has 6 atom stereocenters. The Kier molecular flexibility index (Phi) is 11.1. The molecule has 2 saturated heterocycles. The Bertz CT molecular complexity index is 2070. The molecule has 5 aliphatic carbocycles. The molecular weight excluding hydrogens is 833 g/mol. The predicted molar refractivity (Wildman–Crippen MR) is 219 cm³/mol. The number of ether oxygens (including phenoxy) is 8. The molecular formula is C48H52O16. The van der Waals surface area contributed by atoms with Crippen molar-refractivity contribution < 1.29 is 76.9 Å². The van der Waals surface area contributed by atoms with Gasteiger partial charge in [0.1, 0.15) is 22.3 Å². The van der Waals surface area contributed by atoms with Crippen LogP contribution in [-0.4, -0.2) is 69.2 Å². The summed E-state index contributed by atoms with van der Waals surface area (Å²) in [4.78, 5) is 78.2. The monoisotopic (exact) mass is 884 g/mol. The van der Waals surface area contributed by atoms with Gasteiger partial charge >= 0.3 is 35.8 Å². The van der Waals surface area contributed by atoms with Crippen LogP contribution in [0.1, 0.15) is 104 Å². The van der Waals surface area contributed by atoms with Crippen molar-refractivity contribution in [3.05, 3.63) is 94.9 Å². The van der Waals surface area contributed by atoms with Crippen LogP contribution in [0, 0.1) is 35.5 Å². The summed E-state index contributed by atoms with van der Waals surface area (Å²) in [6.45, 7) is 4.14. The van der Waals surface area contributed by atoms with Crippen LogP contribution in [-0.2, 0) is 66.7 Å². The van der Waals surface area contributed by atoms with Gasteiger partial charge in [0.25, 0.3) is 35.0 Å². The van der Waals surface area contributed by atoms with Crippen molar-refractivity contribution in [2.45, 2.75) is 127 Å². The van der Waals surface area contributed by atoms with Crippen molar-refractivity contribution in [3.8, 4) is 0 Å². The topological polar surface area (TPSA) is 217 Å². The van der Waals surface area contributed by atoms with Gasteiger partial charge in [0.2, 0.25) is 0 Å². The van der Waals surface area contributed by atoms with Crippen molar-refractivity contribution in [2.75, 3.05) is 0 Å². The van der Waals surface area contributed by atoms with Gasteiger partial charge in [-0.15, -0.1) is 0 Å². The van der Waals surface area contributed by atoms with E-state index in [4.69, 9.17) is 37.9 Å². The van der Waals surface area contributed by atoms with Crippen LogP contribution >= 0.6 is 0 Å². The second-order valence-electron chi connectivity index (χ2n) is 18.7. The normalized spacial score (nSPS) is 37.0. The van der Waals surface area contributed by atoms with Crippen molar-refractivity contribution >= 4 is 35.8 Å². The number of esters is 6. The molecule has 7 fully saturated rings. The van der Waals surface area contributed by atoms with Gasteiger partial charge in [-0.25, -0.2) is 28.8 Å². The fraction of sp³-hybridized carbons (Fsp3) is 0.542. The number of aliphatic hydroxyl groups is 2. The number of rotatable bonds is 8. The number of carbonyl (C=O) groups excluding carboxylic acids is 6. The summed E-state index contributed by atoms with van der Waals surface area (Å²) in [6, 6.07) is 0. The zero-order valence-electron chi connectivity index (χ0n) is 35.7. The van der Waals surface area contributed by atoms with E-state index < -0.39 is 82.0 Å². The zero-order chi connectivity index (χ0) is 45.0. The van der Waals surface area contributed by atoms with E-state index >= 15 is 0 Å². The smallest absolute Gasteiger partial charge is 0.348 e. The zero-order valence-corrected chi connectivity index (χ0v) is 35.7. The van der Waals surface area contributed by atoms with Gasteiger partial charge in [-0.1, -0.05) is 50.3 Å². The van der Waals surface area contributed by atoms with Gasteiger partial charge in [0.15, 0.2) is 0 Å². The molecule has 4 spiro atoms. The minimum atomic E-state index is -1.67. The van der Waals surface area contributed by atoms with Crippen molar-refractivity contribution in [1.82, 2.24) is 0 Å². The maximum atomic E-state index is 13.0. The standard InChI is InChI=1S/C48H52O16/c1-27-13-19-35(29-15-16-29)47(25-27)61-41(53)33(42(54)62-47)11-7-3-5-9-31-37(49)57-45(58-38(31)50)21-23-46(24-22-45)59-39(51)32(40(52)60-46)10-6-4-8-12-34-43(55)63-48(64-44(34)56)26-28(2)14-20-36(48)30-17-18-30/h3-12,27-30,35-36,53,55H,13-26H2,1-2H3/b5-3+,6-4?,11-7+,12-8?,31-9?,32-10?. The number of hydrogen-bond acceptors (Lipinski definition) is 16. The predicted octanol–water partition coefficient (Wildman–Crippen LogP) is 7.00. The highest BCUT2D eigenvalue weighted by molar-refractivity contribution is 6.16. The maximum absolute atomic E-state index is 13.0. The molecule has 5 saturated carbocycles. The van der Waals surface area contributed by atoms with Gasteiger partial charge < -0.3 is 48.1 Å². The van der Waals surface area contributed by atoms with E-state index in [9.17, 15) is 39.0 Å². The molecule has 16 heteroatoms. The third kappa shape index (κ3) is 8.38. The quantitative estimate of drug-likeness (QED) is 0.0824. The summed E-state index contributed by atoms with van der Waals surface area (Å²) in [5.74, 6) is -10.4. The van der Waals surface area contributed by atoms with E-state index in [1.54, 1.807) is 0 Å². The van der Waals surface area contributed by atoms with Crippen LogP contribution in [0.3, 0.4) is 0 Å². The fourth-order valence-corrected chi connectivity index (χ4v) is 10.4. The van der Waals surface area contributed by atoms with E-state index in [1.165, 1.54) is 60.8 Å². The van der Waals surface area contributed by atoms with E-state index in [2.05, 4.69) is 13.8 Å². The molecule has 0 radical (unpaired) electrons. The molecule has 340 valence electrons. The first-order valence-electron chi connectivity index (χ1n) is 22.4. The Morgan fingerprint density at radius 3 is 1.12 bits per heavy atom. The maximum Gasteiger partial charge on any atom is 0.348 e. The Morgan fingerprint density at radius 2 is 0.797 bits per heavy atom. The average molecular weight is 885 g/mol. The average Bonchev–Trinajstić information content (AvgIpc) is 4.16. The lowest BCUT2D eigenvalue weighted by atomic mass is 9.75. The first-order valence-corrected chi connectivity index (χ1v) is 22.4. The van der Waals surface area contributed by atoms with E-state index in [0.717, 1.165) is 51.4 Å². The molecule has 9 rings (SSSR count). The van der Waals surface area contributed by atoms with Gasteiger partial charge in [-0.2, -0.15) is 0 Å². The molecule has 6 unspecified atom stereocenters. The number of aliphatic hydroxyl groups excluding tert-OH is 2. The highest BCUT2D eigenvalue weighted by atomic mass is 16.8. The largest absolute Gasteiger partial charge is 0.480 e. The summed E-state index contributed by atoms with van der Waals surface area (Å²) in [7, 11) is 0. The first-order chi connectivity index (χ1) is 30.6. The minimum Gasteiger partial charge on any atom is -0.480 e. The number of carbonyl (C=O) groups is 6. The first kappa shape index (κ1) is 43.2. The van der Waals surface area contributed by atoms with Crippen molar-refractivity contribution in [2.24, 2.45) is 35.5 Å². The second kappa shape index (κ2) is 16.5. The molecule has 16 nitrogen and oxygen atoms in total. The summed E-state index contributed by atoms with van der Waals surface area (Å²) in [5.41, 5.74) is -1.10. The molecule has 4 aliphatic heterocycles. The summed E-state index contributed by atoms with van der Waals surface area (Å²) in [5, 5.41) is 21.5. The molecule has 0 bridgehead atoms. The fourth-order valence-electron chi connectivity index (χ4n) is 10.4. The molecule has 64 heavy (non-hydrogen) atoms. The van der Waals surface area contributed by atoms with E-state index in [1.807, 2.05) is 0 Å². The van der Waals surface area contributed by atoms with Crippen molar-refractivity contribution in [3.63, 3.8) is 0 Å². The van der Waals surface area contributed by atoms with Crippen LogP contribution in [0.5, 0.6) is 0 Å². The molecule has 4 heterocycles. The third-order valence-electron chi connectivity index (χ3n) is 14.0. The number of allylic oxidation sites excluding steroid dienone is 8. The van der Waals surface area contributed by atoms with Crippen LogP contribution in [0.2, 0.25) is 0 Å². The van der Waals surface area contributed by atoms with Gasteiger partial charge in [-0.05, 0) is 99.3 Å². The highest BCUT2D eigenvalue weighted by Crippen LogP contribution is 2.55. The Morgan fingerprint density at radius 1 is 0.438 bits per heavy atom. The van der Waals surface area contributed by atoms with E-state index in [-0.39, 0.29) is 60.5 Å². The highest BCUT2D eigenvalue weighted by Gasteiger charge is 2.59. The van der Waals surface area contributed by atoms with Gasteiger partial charge in [-0.3, -0.25) is 0 Å². The van der Waals surface area contributed by atoms with E-state index in [0.29, 0.717) is 24.7 Å². The molecule has 0 aromatic rings. The Hall–Kier alpha value is -6.06. The second-order valence-corrected chi connectivity index (χ2v) is 18.7. The van der Waals surface area contributed by atoms with Crippen molar-refractivity contribution in [1.29, 1.82) is 0 Å².